The number of non-ortho nitro benzene ring substituents is 1. The van der Waals surface area contributed by atoms with Crippen molar-refractivity contribution in [2.24, 2.45) is 10.5 Å². The highest BCUT2D eigenvalue weighted by Gasteiger charge is 2.32. The largest absolute Gasteiger partial charge is 0.375 e. The van der Waals surface area contributed by atoms with E-state index in [9.17, 15) is 14.9 Å². The number of carbonyl (C=O) groups excluding carboxylic acids is 1. The molecule has 8 nitrogen and oxygen atoms in total. The summed E-state index contributed by atoms with van der Waals surface area (Å²) in [5, 5.41) is 15.5. The van der Waals surface area contributed by atoms with E-state index < -0.39 is 10.8 Å². The van der Waals surface area contributed by atoms with Crippen molar-refractivity contribution in [2.45, 2.75) is 26.7 Å². The number of nitrogens with two attached hydrogens (primary N) is 1. The van der Waals surface area contributed by atoms with E-state index in [1.807, 2.05) is 0 Å². The monoisotopic (exact) mass is 359 g/mol. The van der Waals surface area contributed by atoms with E-state index in [1.54, 1.807) is 0 Å². The van der Waals surface area contributed by atoms with Crippen LogP contribution in [0.4, 0.5) is 10.8 Å². The normalized spacial score (nSPS) is 17.1. The highest BCUT2D eigenvalue weighted by Crippen LogP contribution is 2.37. The molecular weight excluding hydrogens is 342 g/mol. The predicted molar refractivity (Wildman–Crippen MR) is 95.7 cm³/mol. The van der Waals surface area contributed by atoms with Gasteiger partial charge in [0.1, 0.15) is 0 Å². The van der Waals surface area contributed by atoms with Crippen molar-refractivity contribution in [3.8, 4) is 0 Å². The average molecular weight is 359 g/mol. The number of nitrogens with one attached hydrogen (secondary N) is 1. The van der Waals surface area contributed by atoms with E-state index in [0.717, 1.165) is 22.7 Å². The fraction of sp³-hybridized carbons (Fsp3) is 0.312. The lowest BCUT2D eigenvalue weighted by Crippen LogP contribution is -2.29. The number of nitrogen functional groups attached to an aromatic ring is 1. The molecule has 0 fully saturated rings. The Labute approximate surface area is 147 Å². The van der Waals surface area contributed by atoms with E-state index in [0.29, 0.717) is 11.6 Å². The van der Waals surface area contributed by atoms with Gasteiger partial charge in [0.15, 0.2) is 5.13 Å². The maximum Gasteiger partial charge on any atom is 0.271 e. The summed E-state index contributed by atoms with van der Waals surface area (Å²) in [5.41, 5.74) is 9.90. The van der Waals surface area contributed by atoms with Crippen molar-refractivity contribution in [1.82, 2.24) is 10.4 Å². The van der Waals surface area contributed by atoms with Gasteiger partial charge in [0.05, 0.1) is 21.2 Å². The molecule has 25 heavy (non-hydrogen) atoms. The first-order chi connectivity index (χ1) is 11.7. The minimum absolute atomic E-state index is 0.0391. The molecule has 1 aliphatic rings. The number of rotatable bonds is 3. The molecule has 0 aliphatic heterocycles. The number of nitro benzene ring substituents is 1. The molecule has 0 saturated carbocycles. The van der Waals surface area contributed by atoms with Crippen molar-refractivity contribution in [1.29, 1.82) is 0 Å². The van der Waals surface area contributed by atoms with E-state index >= 15 is 0 Å². The Hall–Kier alpha value is -2.81. The van der Waals surface area contributed by atoms with Crippen molar-refractivity contribution in [3.05, 3.63) is 50.5 Å². The van der Waals surface area contributed by atoms with Gasteiger partial charge in [-0.05, 0) is 24.3 Å². The fourth-order valence-electron chi connectivity index (χ4n) is 2.80. The quantitative estimate of drug-likeness (QED) is 0.644. The average Bonchev–Trinajstić information content (AvgIpc) is 2.91. The molecule has 1 amide bonds. The molecule has 0 radical (unpaired) electrons. The first-order valence-corrected chi connectivity index (χ1v) is 8.44. The van der Waals surface area contributed by atoms with Crippen LogP contribution in [0, 0.1) is 15.5 Å². The Morgan fingerprint density at radius 2 is 2.20 bits per heavy atom. The first-order valence-electron chi connectivity index (χ1n) is 7.62. The maximum absolute atomic E-state index is 12.3. The summed E-state index contributed by atoms with van der Waals surface area (Å²) in [6, 6.07) is 5.52. The number of fused-ring (bicyclic) bond motifs is 1. The third-order valence-electron chi connectivity index (χ3n) is 3.88. The topological polar surface area (TPSA) is 124 Å². The van der Waals surface area contributed by atoms with E-state index in [1.165, 1.54) is 35.6 Å². The molecule has 0 saturated heterocycles. The standard InChI is InChI=1S/C16H17N5O3S/c1-16(2)7-11-13(25-15(17)18-11)12(8-16)19-20-14(22)9-4-3-5-10(6-9)21(23)24/h3-6H,7-8H2,1-2H3,(H2,17,18)(H,20,22)/b19-12+. The molecule has 9 heteroatoms. The predicted octanol–water partition coefficient (Wildman–Crippen LogP) is 2.74. The molecule has 3 rings (SSSR count). The molecule has 2 aromatic rings. The van der Waals surface area contributed by atoms with Gasteiger partial charge >= 0.3 is 0 Å². The molecule has 3 N–H and O–H groups in total. The van der Waals surface area contributed by atoms with E-state index in [2.05, 4.69) is 29.4 Å². The third kappa shape index (κ3) is 3.66. The minimum atomic E-state index is -0.543. The molecule has 0 bridgehead atoms. The molecule has 0 unspecified atom stereocenters. The number of aromatic nitrogens is 1. The third-order valence-corrected chi connectivity index (χ3v) is 4.86. The highest BCUT2D eigenvalue weighted by molar-refractivity contribution is 7.17. The summed E-state index contributed by atoms with van der Waals surface area (Å²) < 4.78 is 0. The Kier molecular flexibility index (Phi) is 4.25. The van der Waals surface area contributed by atoms with Crippen LogP contribution in [0.5, 0.6) is 0 Å². The van der Waals surface area contributed by atoms with Crippen molar-refractivity contribution < 1.29 is 9.72 Å². The Bertz CT molecular complexity index is 888. The second-order valence-electron chi connectivity index (χ2n) is 6.65. The van der Waals surface area contributed by atoms with Crippen LogP contribution in [-0.2, 0) is 6.42 Å². The van der Waals surface area contributed by atoms with Gasteiger partial charge in [0.2, 0.25) is 0 Å². The zero-order valence-corrected chi connectivity index (χ0v) is 14.6. The summed E-state index contributed by atoms with van der Waals surface area (Å²) in [7, 11) is 0. The van der Waals surface area contributed by atoms with Gasteiger partial charge in [-0.15, -0.1) is 0 Å². The number of thiazole rings is 1. The number of benzene rings is 1. The highest BCUT2D eigenvalue weighted by atomic mass is 32.1. The van der Waals surface area contributed by atoms with E-state index in [4.69, 9.17) is 5.73 Å². The maximum atomic E-state index is 12.3. The van der Waals surface area contributed by atoms with Crippen LogP contribution in [0.2, 0.25) is 0 Å². The van der Waals surface area contributed by atoms with E-state index in [-0.39, 0.29) is 16.7 Å². The van der Waals surface area contributed by atoms with Gasteiger partial charge in [-0.25, -0.2) is 10.4 Å². The summed E-state index contributed by atoms with van der Waals surface area (Å²) >= 11 is 1.35. The Morgan fingerprint density at radius 3 is 2.92 bits per heavy atom. The summed E-state index contributed by atoms with van der Waals surface area (Å²) in [6.07, 6.45) is 1.48. The van der Waals surface area contributed by atoms with Gasteiger partial charge in [-0.2, -0.15) is 5.10 Å². The van der Waals surface area contributed by atoms with Crippen molar-refractivity contribution in [3.63, 3.8) is 0 Å². The summed E-state index contributed by atoms with van der Waals surface area (Å²) in [4.78, 5) is 27.8. The zero-order valence-electron chi connectivity index (χ0n) is 13.8. The summed E-state index contributed by atoms with van der Waals surface area (Å²) in [5.74, 6) is -0.501. The number of nitrogens with zero attached hydrogens (tertiary/aromatic N) is 3. The van der Waals surface area contributed by atoms with Crippen LogP contribution in [0.1, 0.15) is 41.2 Å². The lowest BCUT2D eigenvalue weighted by atomic mass is 9.78. The van der Waals surface area contributed by atoms with Gasteiger partial charge in [-0.1, -0.05) is 31.3 Å². The molecular formula is C16H17N5O3S. The van der Waals surface area contributed by atoms with Crippen LogP contribution in [0.25, 0.3) is 0 Å². The molecule has 1 aliphatic carbocycles. The zero-order chi connectivity index (χ0) is 18.2. The molecule has 1 aromatic heterocycles. The van der Waals surface area contributed by atoms with Crippen molar-refractivity contribution >= 4 is 33.8 Å². The first kappa shape index (κ1) is 17.0. The fourth-order valence-corrected chi connectivity index (χ4v) is 3.63. The molecule has 130 valence electrons. The number of hydrogen-bond donors (Lipinski definition) is 2. The SMILES string of the molecule is CC1(C)C/C(=N\NC(=O)c2cccc([N+](=O)[O-])c2)c2sc(N)nc2C1. The smallest absolute Gasteiger partial charge is 0.271 e. The van der Waals surface area contributed by atoms with Crippen molar-refractivity contribution in [2.75, 3.05) is 5.73 Å². The number of nitro groups is 1. The van der Waals surface area contributed by atoms with Gasteiger partial charge in [0.25, 0.3) is 11.6 Å². The molecule has 1 aromatic carbocycles. The summed E-state index contributed by atoms with van der Waals surface area (Å²) in [6.45, 7) is 4.20. The lowest BCUT2D eigenvalue weighted by molar-refractivity contribution is -0.384. The minimum Gasteiger partial charge on any atom is -0.375 e. The Balaban J connectivity index is 1.85. The van der Waals surface area contributed by atoms with Crippen LogP contribution in [0.3, 0.4) is 0 Å². The van der Waals surface area contributed by atoms with Gasteiger partial charge < -0.3 is 5.73 Å². The number of hydrazone groups is 1. The number of hydrogen-bond acceptors (Lipinski definition) is 7. The van der Waals surface area contributed by atoms with Crippen LogP contribution in [0.15, 0.2) is 29.4 Å². The lowest BCUT2D eigenvalue weighted by Gasteiger charge is -2.29. The number of anilines is 1. The number of amides is 1. The van der Waals surface area contributed by atoms with Gasteiger partial charge in [-0.3, -0.25) is 14.9 Å². The number of carbonyl (C=O) groups is 1. The van der Waals surface area contributed by atoms with Crippen LogP contribution >= 0.6 is 11.3 Å². The second kappa shape index (κ2) is 6.25. The van der Waals surface area contributed by atoms with Crippen LogP contribution in [-0.4, -0.2) is 21.5 Å². The van der Waals surface area contributed by atoms with Gasteiger partial charge in [0, 0.05) is 17.7 Å². The molecule has 0 spiro atoms. The molecule has 1 heterocycles. The Morgan fingerprint density at radius 1 is 1.44 bits per heavy atom. The van der Waals surface area contributed by atoms with Crippen LogP contribution < -0.4 is 11.2 Å². The molecule has 0 atom stereocenters. The second-order valence-corrected chi connectivity index (χ2v) is 7.68.